The number of hydrogen-bond acceptors (Lipinski definition) is 0. The Morgan fingerprint density at radius 3 is 2.16 bits per heavy atom. The van der Waals surface area contributed by atoms with Gasteiger partial charge in [-0.1, -0.05) is 63.5 Å². The highest BCUT2D eigenvalue weighted by atomic mass is 79.9. The van der Waals surface area contributed by atoms with Crippen LogP contribution in [-0.4, -0.2) is 0 Å². The van der Waals surface area contributed by atoms with Crippen molar-refractivity contribution in [3.8, 4) is 0 Å². The molecule has 100 valence electrons. The van der Waals surface area contributed by atoms with Gasteiger partial charge in [-0.15, -0.1) is 0 Å². The maximum atomic E-state index is 3.86. The van der Waals surface area contributed by atoms with Crippen LogP contribution in [0.1, 0.15) is 38.2 Å². The van der Waals surface area contributed by atoms with Gasteiger partial charge in [-0.05, 0) is 56.4 Å². The summed E-state index contributed by atoms with van der Waals surface area (Å²) < 4.78 is 0. The average Bonchev–Trinajstić information content (AvgIpc) is 2.33. The van der Waals surface area contributed by atoms with Gasteiger partial charge < -0.3 is 0 Å². The van der Waals surface area contributed by atoms with E-state index < -0.39 is 0 Å². The van der Waals surface area contributed by atoms with E-state index in [9.17, 15) is 0 Å². The molecule has 19 heavy (non-hydrogen) atoms. The lowest BCUT2D eigenvalue weighted by atomic mass is 9.96. The highest BCUT2D eigenvalue weighted by molar-refractivity contribution is 9.09. The van der Waals surface area contributed by atoms with Gasteiger partial charge in [-0.25, -0.2) is 0 Å². The second-order valence-corrected chi connectivity index (χ2v) is 6.57. The molecule has 0 N–H and O–H groups in total. The summed E-state index contributed by atoms with van der Waals surface area (Å²) in [7, 11) is 0. The quantitative estimate of drug-likeness (QED) is 0.647. The summed E-state index contributed by atoms with van der Waals surface area (Å²) in [6.07, 6.45) is 1.04. The minimum Gasteiger partial charge on any atom is -0.0835 e. The largest absolute Gasteiger partial charge is 0.0835 e. The Kier molecular flexibility index (Phi) is 4.46. The molecule has 0 aromatic heterocycles. The third-order valence-electron chi connectivity index (χ3n) is 3.67. The first-order valence-corrected chi connectivity index (χ1v) is 7.66. The van der Waals surface area contributed by atoms with Gasteiger partial charge in [0.25, 0.3) is 0 Å². The third kappa shape index (κ3) is 3.48. The molecule has 0 aliphatic carbocycles. The Balaban J connectivity index is 2.25. The fourth-order valence-electron chi connectivity index (χ4n) is 2.50. The first-order valence-electron chi connectivity index (χ1n) is 6.74. The maximum Gasteiger partial charge on any atom is 0.0438 e. The maximum absolute atomic E-state index is 3.86. The summed E-state index contributed by atoms with van der Waals surface area (Å²) in [5.41, 5.74) is 8.23. The van der Waals surface area contributed by atoms with Crippen LogP contribution in [0.5, 0.6) is 0 Å². The lowest BCUT2D eigenvalue weighted by Crippen LogP contribution is -2.00. The van der Waals surface area contributed by atoms with Crippen LogP contribution in [0.15, 0.2) is 36.4 Å². The molecule has 0 fully saturated rings. The molecular weight excluding hydrogens is 296 g/mol. The zero-order valence-corrected chi connectivity index (χ0v) is 13.7. The van der Waals surface area contributed by atoms with Crippen LogP contribution >= 0.6 is 15.9 Å². The molecule has 1 heteroatoms. The van der Waals surface area contributed by atoms with Gasteiger partial charge in [0.05, 0.1) is 0 Å². The molecule has 0 aliphatic rings. The van der Waals surface area contributed by atoms with Crippen LogP contribution in [-0.2, 0) is 6.42 Å². The molecule has 0 nitrogen and oxygen atoms in total. The van der Waals surface area contributed by atoms with Crippen molar-refractivity contribution in [1.29, 1.82) is 0 Å². The van der Waals surface area contributed by atoms with E-state index in [1.165, 1.54) is 33.4 Å². The number of halogens is 1. The van der Waals surface area contributed by atoms with Crippen LogP contribution in [0, 0.1) is 27.7 Å². The van der Waals surface area contributed by atoms with Gasteiger partial charge in [0.1, 0.15) is 0 Å². The standard InChI is InChI=1S/C18H21Br/c1-12-6-8-17(15(4)9-12)18(19)11-16-10-13(2)5-7-14(16)3/h5-10,18H,11H2,1-4H3. The van der Waals surface area contributed by atoms with Crippen molar-refractivity contribution in [2.45, 2.75) is 38.9 Å². The van der Waals surface area contributed by atoms with Gasteiger partial charge in [0.15, 0.2) is 0 Å². The highest BCUT2D eigenvalue weighted by Crippen LogP contribution is 2.31. The van der Waals surface area contributed by atoms with Crippen molar-refractivity contribution < 1.29 is 0 Å². The Morgan fingerprint density at radius 1 is 0.842 bits per heavy atom. The summed E-state index contributed by atoms with van der Waals surface area (Å²) in [6.45, 7) is 8.68. The van der Waals surface area contributed by atoms with Gasteiger partial charge in [-0.2, -0.15) is 0 Å². The topological polar surface area (TPSA) is 0 Å². The van der Waals surface area contributed by atoms with Crippen LogP contribution < -0.4 is 0 Å². The molecule has 1 atom stereocenters. The second kappa shape index (κ2) is 5.92. The summed E-state index contributed by atoms with van der Waals surface area (Å²) in [5.74, 6) is 0. The van der Waals surface area contributed by atoms with E-state index in [-0.39, 0.29) is 0 Å². The van der Waals surface area contributed by atoms with Crippen LogP contribution in [0.4, 0.5) is 0 Å². The highest BCUT2D eigenvalue weighted by Gasteiger charge is 2.12. The van der Waals surface area contributed by atoms with Crippen molar-refractivity contribution >= 4 is 15.9 Å². The molecule has 0 radical (unpaired) electrons. The van der Waals surface area contributed by atoms with E-state index in [2.05, 4.69) is 80.0 Å². The van der Waals surface area contributed by atoms with Crippen molar-refractivity contribution in [3.05, 3.63) is 69.8 Å². The molecule has 0 amide bonds. The number of hydrogen-bond donors (Lipinski definition) is 0. The second-order valence-electron chi connectivity index (χ2n) is 5.46. The van der Waals surface area contributed by atoms with Crippen molar-refractivity contribution in [3.63, 3.8) is 0 Å². The number of rotatable bonds is 3. The minimum atomic E-state index is 0.383. The Hall–Kier alpha value is -1.08. The van der Waals surface area contributed by atoms with Crippen LogP contribution in [0.25, 0.3) is 0 Å². The zero-order valence-electron chi connectivity index (χ0n) is 12.1. The zero-order chi connectivity index (χ0) is 14.0. The first kappa shape index (κ1) is 14.3. The summed E-state index contributed by atoms with van der Waals surface area (Å²) in [4.78, 5) is 0.383. The molecule has 0 heterocycles. The molecule has 2 aromatic rings. The molecule has 2 aromatic carbocycles. The van der Waals surface area contributed by atoms with Gasteiger partial charge in [0.2, 0.25) is 0 Å². The lowest BCUT2D eigenvalue weighted by molar-refractivity contribution is 0.925. The minimum absolute atomic E-state index is 0.383. The van der Waals surface area contributed by atoms with E-state index in [0.29, 0.717) is 4.83 Å². The van der Waals surface area contributed by atoms with Crippen molar-refractivity contribution in [2.75, 3.05) is 0 Å². The van der Waals surface area contributed by atoms with E-state index in [4.69, 9.17) is 0 Å². The summed E-state index contributed by atoms with van der Waals surface area (Å²) >= 11 is 3.86. The van der Waals surface area contributed by atoms with E-state index in [1.807, 2.05) is 0 Å². The normalized spacial score (nSPS) is 12.5. The smallest absolute Gasteiger partial charge is 0.0438 e. The van der Waals surface area contributed by atoms with Gasteiger partial charge in [-0.3, -0.25) is 0 Å². The van der Waals surface area contributed by atoms with E-state index in [1.54, 1.807) is 0 Å². The number of benzene rings is 2. The van der Waals surface area contributed by atoms with Crippen LogP contribution in [0.2, 0.25) is 0 Å². The summed E-state index contributed by atoms with van der Waals surface area (Å²) in [6, 6.07) is 13.4. The molecule has 0 aliphatic heterocycles. The monoisotopic (exact) mass is 316 g/mol. The van der Waals surface area contributed by atoms with Crippen molar-refractivity contribution in [1.82, 2.24) is 0 Å². The van der Waals surface area contributed by atoms with Gasteiger partial charge >= 0.3 is 0 Å². The molecule has 0 bridgehead atoms. The number of aryl methyl sites for hydroxylation is 4. The predicted molar refractivity (Wildman–Crippen MR) is 87.2 cm³/mol. The molecule has 0 spiro atoms. The third-order valence-corrected chi connectivity index (χ3v) is 4.48. The van der Waals surface area contributed by atoms with E-state index >= 15 is 0 Å². The Labute approximate surface area is 125 Å². The number of alkyl halides is 1. The molecule has 1 unspecified atom stereocenters. The SMILES string of the molecule is Cc1ccc(C(Br)Cc2cc(C)ccc2C)c(C)c1. The predicted octanol–water partition coefficient (Wildman–Crippen LogP) is 5.60. The fourth-order valence-corrected chi connectivity index (χ4v) is 3.36. The molecule has 2 rings (SSSR count). The van der Waals surface area contributed by atoms with Crippen LogP contribution in [0.3, 0.4) is 0 Å². The summed E-state index contributed by atoms with van der Waals surface area (Å²) in [5, 5.41) is 0. The van der Waals surface area contributed by atoms with Gasteiger partial charge in [0, 0.05) is 4.83 Å². The lowest BCUT2D eigenvalue weighted by Gasteiger charge is -2.16. The molecular formula is C18H21Br. The van der Waals surface area contributed by atoms with E-state index in [0.717, 1.165) is 6.42 Å². The Bertz CT molecular complexity index is 584. The van der Waals surface area contributed by atoms with Crippen molar-refractivity contribution in [2.24, 2.45) is 0 Å². The molecule has 0 saturated carbocycles. The Morgan fingerprint density at radius 2 is 1.47 bits per heavy atom. The average molecular weight is 317 g/mol. The fraction of sp³-hybridized carbons (Fsp3) is 0.333. The first-order chi connectivity index (χ1) is 8.97. The molecule has 0 saturated heterocycles.